The number of rotatable bonds is 7. The van der Waals surface area contributed by atoms with Crippen LogP contribution in [0.25, 0.3) is 0 Å². The molecule has 1 aliphatic rings. The van der Waals surface area contributed by atoms with Gasteiger partial charge in [0, 0.05) is 12.4 Å². The van der Waals surface area contributed by atoms with E-state index in [1.165, 1.54) is 11.8 Å². The maximum atomic E-state index is 12.2. The van der Waals surface area contributed by atoms with E-state index in [-0.39, 0.29) is 18.0 Å². The normalized spacial score (nSPS) is 18.2. The van der Waals surface area contributed by atoms with Gasteiger partial charge in [-0.2, -0.15) is 0 Å². The summed E-state index contributed by atoms with van der Waals surface area (Å²) in [5, 5.41) is 20.7. The summed E-state index contributed by atoms with van der Waals surface area (Å²) in [6, 6.07) is 2.89. The van der Waals surface area contributed by atoms with Crippen LogP contribution in [0.3, 0.4) is 0 Å². The Hall–Kier alpha value is -2.25. The number of carbonyl (C=O) groups excluding carboxylic acids is 2. The maximum Gasteiger partial charge on any atom is 0.290 e. The van der Waals surface area contributed by atoms with Crippen LogP contribution in [-0.4, -0.2) is 58.0 Å². The van der Waals surface area contributed by atoms with E-state index in [0.29, 0.717) is 25.2 Å². The molecule has 1 aromatic heterocycles. The first-order valence-electron chi connectivity index (χ1n) is 7.15. The first kappa shape index (κ1) is 16.1. The lowest BCUT2D eigenvalue weighted by Crippen LogP contribution is -2.86. The number of carbonyl (C=O) groups is 2. The van der Waals surface area contributed by atoms with Crippen LogP contribution in [0.5, 0.6) is 0 Å². The predicted molar refractivity (Wildman–Crippen MR) is 77.8 cm³/mol. The number of amides is 1. The molecule has 1 aliphatic heterocycles. The first-order valence-corrected chi connectivity index (χ1v) is 7.15. The molecule has 1 amide bonds. The van der Waals surface area contributed by atoms with Gasteiger partial charge >= 0.3 is 0 Å². The summed E-state index contributed by atoms with van der Waals surface area (Å²) in [7, 11) is 0. The smallest absolute Gasteiger partial charge is 0.290 e. The van der Waals surface area contributed by atoms with E-state index in [0.717, 1.165) is 0 Å². The van der Waals surface area contributed by atoms with Gasteiger partial charge in [0.25, 0.3) is 5.91 Å². The van der Waals surface area contributed by atoms with Crippen molar-refractivity contribution in [3.05, 3.63) is 41.4 Å². The fourth-order valence-electron chi connectivity index (χ4n) is 2.59. The number of nitrogens with two attached hydrogens (primary N) is 1. The topological polar surface area (TPSA) is 107 Å². The summed E-state index contributed by atoms with van der Waals surface area (Å²) >= 11 is 0. The third-order valence-corrected chi connectivity index (χ3v) is 3.59. The SMILES string of the molecule is CC(=O)C1=C(O)C(=O)N(CC[NH2+]CCO)[C@H]1c1cccnc1. The van der Waals surface area contributed by atoms with E-state index in [1.807, 2.05) is 5.32 Å². The van der Waals surface area contributed by atoms with Gasteiger partial charge in [-0.25, -0.2) is 0 Å². The lowest BCUT2D eigenvalue weighted by atomic mass is 9.98. The molecule has 0 saturated carbocycles. The second-order valence-corrected chi connectivity index (χ2v) is 5.10. The quantitative estimate of drug-likeness (QED) is 0.556. The van der Waals surface area contributed by atoms with Crippen LogP contribution in [0.15, 0.2) is 35.9 Å². The Morgan fingerprint density at radius 1 is 1.45 bits per heavy atom. The van der Waals surface area contributed by atoms with Gasteiger partial charge in [0.15, 0.2) is 11.5 Å². The van der Waals surface area contributed by atoms with Crippen molar-refractivity contribution >= 4 is 11.7 Å². The Labute approximate surface area is 128 Å². The Bertz CT molecular complexity index is 586. The minimum atomic E-state index is -0.610. The zero-order valence-corrected chi connectivity index (χ0v) is 12.4. The molecule has 7 heteroatoms. The number of pyridine rings is 1. The molecule has 0 aromatic carbocycles. The molecule has 0 unspecified atom stereocenters. The Morgan fingerprint density at radius 3 is 2.82 bits per heavy atom. The molecule has 2 heterocycles. The molecule has 1 atom stereocenters. The van der Waals surface area contributed by atoms with Crippen molar-refractivity contribution < 1.29 is 25.1 Å². The number of aliphatic hydroxyl groups is 2. The van der Waals surface area contributed by atoms with Gasteiger partial charge in [-0.3, -0.25) is 14.6 Å². The third kappa shape index (κ3) is 3.15. The number of aliphatic hydroxyl groups excluding tert-OH is 2. The summed E-state index contributed by atoms with van der Waals surface area (Å²) in [5.41, 5.74) is 0.799. The lowest BCUT2D eigenvalue weighted by molar-refractivity contribution is -0.655. The van der Waals surface area contributed by atoms with Gasteiger partial charge in [-0.05, 0) is 18.6 Å². The molecular weight excluding hydrogens is 286 g/mol. The summed E-state index contributed by atoms with van der Waals surface area (Å²) < 4.78 is 0. The average molecular weight is 306 g/mol. The molecule has 118 valence electrons. The van der Waals surface area contributed by atoms with Crippen LogP contribution in [0.4, 0.5) is 0 Å². The fourth-order valence-corrected chi connectivity index (χ4v) is 2.59. The number of Topliss-reactive ketones (excluding diaryl/α,β-unsaturated/α-hetero) is 1. The Kier molecular flexibility index (Phi) is 5.24. The summed E-state index contributed by atoms with van der Waals surface area (Å²) in [4.78, 5) is 29.6. The van der Waals surface area contributed by atoms with E-state index in [4.69, 9.17) is 5.11 Å². The van der Waals surface area contributed by atoms with Crippen molar-refractivity contribution in [1.29, 1.82) is 0 Å². The number of hydrogen-bond donors (Lipinski definition) is 3. The van der Waals surface area contributed by atoms with Gasteiger partial charge < -0.3 is 20.4 Å². The highest BCUT2D eigenvalue weighted by molar-refractivity contribution is 6.08. The fraction of sp³-hybridized carbons (Fsp3) is 0.400. The van der Waals surface area contributed by atoms with E-state index in [2.05, 4.69) is 4.98 Å². The van der Waals surface area contributed by atoms with Crippen molar-refractivity contribution in [3.63, 3.8) is 0 Å². The number of aromatic nitrogens is 1. The van der Waals surface area contributed by atoms with Crippen molar-refractivity contribution in [2.45, 2.75) is 13.0 Å². The van der Waals surface area contributed by atoms with Gasteiger partial charge in [-0.15, -0.1) is 0 Å². The lowest BCUT2D eigenvalue weighted by Gasteiger charge is -2.25. The van der Waals surface area contributed by atoms with E-state index >= 15 is 0 Å². The van der Waals surface area contributed by atoms with Crippen LogP contribution < -0.4 is 5.32 Å². The highest BCUT2D eigenvalue weighted by Gasteiger charge is 2.42. The van der Waals surface area contributed by atoms with Crippen LogP contribution >= 0.6 is 0 Å². The standard InChI is InChI=1S/C15H19N3O4/c1-10(20)12-13(11-3-2-4-17-9-11)18(15(22)14(12)21)7-5-16-6-8-19/h2-4,9,13,16,19,21H,5-8H2,1H3/p+1/t13-/m0/s1. The van der Waals surface area contributed by atoms with Crippen LogP contribution in [0, 0.1) is 0 Å². The van der Waals surface area contributed by atoms with Crippen molar-refractivity contribution in [2.24, 2.45) is 0 Å². The Morgan fingerprint density at radius 2 is 2.23 bits per heavy atom. The molecular formula is C15H20N3O4+. The maximum absolute atomic E-state index is 12.2. The molecule has 0 saturated heterocycles. The number of quaternary nitrogens is 1. The van der Waals surface area contributed by atoms with Crippen molar-refractivity contribution in [1.82, 2.24) is 9.88 Å². The van der Waals surface area contributed by atoms with Gasteiger partial charge in [-0.1, -0.05) is 6.07 Å². The number of ketones is 1. The third-order valence-electron chi connectivity index (χ3n) is 3.59. The monoisotopic (exact) mass is 306 g/mol. The molecule has 0 spiro atoms. The van der Waals surface area contributed by atoms with E-state index in [9.17, 15) is 14.7 Å². The molecule has 0 fully saturated rings. The predicted octanol–water partition coefficient (Wildman–Crippen LogP) is -1.08. The molecule has 0 radical (unpaired) electrons. The van der Waals surface area contributed by atoms with Gasteiger partial charge in [0.2, 0.25) is 0 Å². The second-order valence-electron chi connectivity index (χ2n) is 5.10. The molecule has 22 heavy (non-hydrogen) atoms. The molecule has 4 N–H and O–H groups in total. The molecule has 2 rings (SSSR count). The second kappa shape index (κ2) is 7.15. The van der Waals surface area contributed by atoms with E-state index < -0.39 is 17.7 Å². The number of hydrogen-bond acceptors (Lipinski definition) is 5. The van der Waals surface area contributed by atoms with Gasteiger partial charge in [0.05, 0.1) is 37.9 Å². The molecule has 0 bridgehead atoms. The van der Waals surface area contributed by atoms with Gasteiger partial charge in [0.1, 0.15) is 0 Å². The average Bonchev–Trinajstić information content (AvgIpc) is 2.77. The number of nitrogens with zero attached hydrogens (tertiary/aromatic N) is 2. The highest BCUT2D eigenvalue weighted by atomic mass is 16.3. The molecule has 0 aliphatic carbocycles. The molecule has 1 aromatic rings. The van der Waals surface area contributed by atoms with Crippen LogP contribution in [-0.2, 0) is 9.59 Å². The van der Waals surface area contributed by atoms with Crippen LogP contribution in [0.2, 0.25) is 0 Å². The van der Waals surface area contributed by atoms with E-state index in [1.54, 1.807) is 24.5 Å². The zero-order valence-electron chi connectivity index (χ0n) is 12.4. The van der Waals surface area contributed by atoms with Crippen molar-refractivity contribution in [2.75, 3.05) is 26.2 Å². The summed E-state index contributed by atoms with van der Waals surface area (Å²) in [6.45, 7) is 2.87. The zero-order chi connectivity index (χ0) is 16.1. The first-order chi connectivity index (χ1) is 10.6. The largest absolute Gasteiger partial charge is 0.503 e. The highest BCUT2D eigenvalue weighted by Crippen LogP contribution is 2.36. The minimum absolute atomic E-state index is 0.0577. The summed E-state index contributed by atoms with van der Waals surface area (Å²) in [6.07, 6.45) is 3.20. The van der Waals surface area contributed by atoms with Crippen LogP contribution in [0.1, 0.15) is 18.5 Å². The van der Waals surface area contributed by atoms with Crippen molar-refractivity contribution in [3.8, 4) is 0 Å². The summed E-state index contributed by atoms with van der Waals surface area (Å²) in [5.74, 6) is -1.36. The molecule has 7 nitrogen and oxygen atoms in total. The minimum Gasteiger partial charge on any atom is -0.503 e. The Balaban J connectivity index is 2.28.